The van der Waals surface area contributed by atoms with Gasteiger partial charge in [-0.2, -0.15) is 0 Å². The Morgan fingerprint density at radius 3 is 2.29 bits per heavy atom. The number of carbonyl (C=O) groups is 3. The second-order valence-electron chi connectivity index (χ2n) is 6.14. The van der Waals surface area contributed by atoms with Gasteiger partial charge in [0.15, 0.2) is 0 Å². The number of carboxylic acids is 1. The van der Waals surface area contributed by atoms with Gasteiger partial charge in [0.1, 0.15) is 0 Å². The normalized spacial score (nSPS) is 21.5. The van der Waals surface area contributed by atoms with Gasteiger partial charge >= 0.3 is 12.0 Å². The smallest absolute Gasteiger partial charge is 0.315 e. The predicted octanol–water partition coefficient (Wildman–Crippen LogP) is 1.55. The maximum atomic E-state index is 12.2. The number of urea groups is 1. The molecule has 0 saturated heterocycles. The number of amides is 3. The molecule has 0 spiro atoms. The van der Waals surface area contributed by atoms with Crippen molar-refractivity contribution in [2.75, 3.05) is 0 Å². The maximum absolute atomic E-state index is 12.2. The Morgan fingerprint density at radius 1 is 1.12 bits per heavy atom. The zero-order valence-corrected chi connectivity index (χ0v) is 13.4. The molecule has 3 amide bonds. The summed E-state index contributed by atoms with van der Waals surface area (Å²) in [6.45, 7) is 0. The lowest BCUT2D eigenvalue weighted by Crippen LogP contribution is -2.45. The standard InChI is InChI=1S/C17H23N3O4/c18-15(21)10-14(11-4-2-1-3-5-11)20-17(24)19-13-8-6-12(7-9-13)16(22)23/h1-5,12-14H,6-10H2,(H2,18,21)(H,22,23)(H2,19,20,24)/t12?,13?,14-/m1/s1. The quantitative estimate of drug-likeness (QED) is 0.631. The molecule has 0 heterocycles. The van der Waals surface area contributed by atoms with E-state index in [4.69, 9.17) is 10.8 Å². The van der Waals surface area contributed by atoms with Gasteiger partial charge in [-0.3, -0.25) is 9.59 Å². The summed E-state index contributed by atoms with van der Waals surface area (Å²) in [5.41, 5.74) is 6.07. The Labute approximate surface area is 140 Å². The molecule has 2 rings (SSSR count). The van der Waals surface area contributed by atoms with Crippen LogP contribution in [0.2, 0.25) is 0 Å². The van der Waals surface area contributed by atoms with Gasteiger partial charge in [-0.25, -0.2) is 4.79 Å². The molecule has 1 aromatic rings. The summed E-state index contributed by atoms with van der Waals surface area (Å²) in [4.78, 5) is 34.4. The van der Waals surface area contributed by atoms with Crippen molar-refractivity contribution in [1.82, 2.24) is 10.6 Å². The van der Waals surface area contributed by atoms with Crippen molar-refractivity contribution in [2.45, 2.75) is 44.2 Å². The summed E-state index contributed by atoms with van der Waals surface area (Å²) in [6, 6.07) is 8.25. The Morgan fingerprint density at radius 2 is 1.75 bits per heavy atom. The predicted molar refractivity (Wildman–Crippen MR) is 88.0 cm³/mol. The fraction of sp³-hybridized carbons (Fsp3) is 0.471. The molecule has 7 nitrogen and oxygen atoms in total. The number of primary amides is 1. The minimum atomic E-state index is -0.775. The van der Waals surface area contributed by atoms with E-state index in [-0.39, 0.29) is 24.4 Å². The molecule has 7 heteroatoms. The van der Waals surface area contributed by atoms with Crippen molar-refractivity contribution in [1.29, 1.82) is 0 Å². The first-order valence-electron chi connectivity index (χ1n) is 8.08. The third kappa shape index (κ3) is 5.26. The van der Waals surface area contributed by atoms with E-state index >= 15 is 0 Å². The second-order valence-corrected chi connectivity index (χ2v) is 6.14. The molecule has 0 aromatic heterocycles. The van der Waals surface area contributed by atoms with Crippen molar-refractivity contribution < 1.29 is 19.5 Å². The fourth-order valence-corrected chi connectivity index (χ4v) is 3.01. The molecule has 0 radical (unpaired) electrons. The molecule has 1 aromatic carbocycles. The Kier molecular flexibility index (Phi) is 6.17. The first-order chi connectivity index (χ1) is 11.5. The van der Waals surface area contributed by atoms with Crippen LogP contribution in [0.1, 0.15) is 43.7 Å². The van der Waals surface area contributed by atoms with Crippen molar-refractivity contribution in [2.24, 2.45) is 11.7 Å². The molecule has 0 bridgehead atoms. The van der Waals surface area contributed by atoms with Crippen LogP contribution in [0.4, 0.5) is 4.79 Å². The third-order valence-corrected chi connectivity index (χ3v) is 4.32. The number of hydrogen-bond acceptors (Lipinski definition) is 3. The monoisotopic (exact) mass is 333 g/mol. The maximum Gasteiger partial charge on any atom is 0.315 e. The highest BCUT2D eigenvalue weighted by Gasteiger charge is 2.27. The molecular weight excluding hydrogens is 310 g/mol. The van der Waals surface area contributed by atoms with Crippen LogP contribution in [0.25, 0.3) is 0 Å². The van der Waals surface area contributed by atoms with Gasteiger partial charge in [0.05, 0.1) is 18.4 Å². The van der Waals surface area contributed by atoms with Gasteiger partial charge in [-0.15, -0.1) is 0 Å². The van der Waals surface area contributed by atoms with Gasteiger partial charge in [0, 0.05) is 6.04 Å². The molecule has 0 aliphatic heterocycles. The summed E-state index contributed by atoms with van der Waals surface area (Å²) in [7, 11) is 0. The van der Waals surface area contributed by atoms with E-state index in [1.54, 1.807) is 0 Å². The van der Waals surface area contributed by atoms with E-state index in [0.717, 1.165) is 5.56 Å². The lowest BCUT2D eigenvalue weighted by molar-refractivity contribution is -0.142. The summed E-state index contributed by atoms with van der Waals surface area (Å²) >= 11 is 0. The van der Waals surface area contributed by atoms with Crippen molar-refractivity contribution in [3.8, 4) is 0 Å². The van der Waals surface area contributed by atoms with E-state index in [2.05, 4.69) is 10.6 Å². The molecule has 0 unspecified atom stereocenters. The van der Waals surface area contributed by atoms with E-state index in [1.165, 1.54) is 0 Å². The lowest BCUT2D eigenvalue weighted by atomic mass is 9.86. The van der Waals surface area contributed by atoms with Crippen LogP contribution in [0.15, 0.2) is 30.3 Å². The van der Waals surface area contributed by atoms with Crippen LogP contribution in [0.5, 0.6) is 0 Å². The Bertz CT molecular complexity index is 583. The number of nitrogens with one attached hydrogen (secondary N) is 2. The number of rotatable bonds is 6. The molecule has 24 heavy (non-hydrogen) atoms. The molecule has 1 atom stereocenters. The van der Waals surface area contributed by atoms with Crippen LogP contribution in [0.3, 0.4) is 0 Å². The summed E-state index contributed by atoms with van der Waals surface area (Å²) in [5, 5.41) is 14.6. The van der Waals surface area contributed by atoms with Gasteiger partial charge in [0.25, 0.3) is 0 Å². The largest absolute Gasteiger partial charge is 0.481 e. The van der Waals surface area contributed by atoms with Gasteiger partial charge in [-0.05, 0) is 31.2 Å². The van der Waals surface area contributed by atoms with E-state index in [1.807, 2.05) is 30.3 Å². The van der Waals surface area contributed by atoms with E-state index in [0.29, 0.717) is 25.7 Å². The Balaban J connectivity index is 1.89. The summed E-state index contributed by atoms with van der Waals surface area (Å²) in [5.74, 6) is -1.59. The van der Waals surface area contributed by atoms with Crippen LogP contribution in [-0.2, 0) is 9.59 Å². The molecule has 1 fully saturated rings. The Hall–Kier alpha value is -2.57. The molecule has 1 saturated carbocycles. The zero-order valence-electron chi connectivity index (χ0n) is 13.4. The van der Waals surface area contributed by atoms with Gasteiger partial charge < -0.3 is 21.5 Å². The minimum Gasteiger partial charge on any atom is -0.481 e. The summed E-state index contributed by atoms with van der Waals surface area (Å²) in [6.07, 6.45) is 2.41. The topological polar surface area (TPSA) is 122 Å². The highest BCUT2D eigenvalue weighted by atomic mass is 16.4. The zero-order chi connectivity index (χ0) is 17.5. The van der Waals surface area contributed by atoms with Crippen LogP contribution < -0.4 is 16.4 Å². The van der Waals surface area contributed by atoms with E-state index in [9.17, 15) is 14.4 Å². The molecule has 5 N–H and O–H groups in total. The highest BCUT2D eigenvalue weighted by Crippen LogP contribution is 2.24. The number of hydrogen-bond donors (Lipinski definition) is 4. The van der Waals surface area contributed by atoms with Gasteiger partial charge in [-0.1, -0.05) is 30.3 Å². The van der Waals surface area contributed by atoms with Crippen molar-refractivity contribution in [3.63, 3.8) is 0 Å². The van der Waals surface area contributed by atoms with Crippen LogP contribution >= 0.6 is 0 Å². The van der Waals surface area contributed by atoms with Gasteiger partial charge in [0.2, 0.25) is 5.91 Å². The SMILES string of the molecule is NC(=O)C[C@@H](NC(=O)NC1CCC(C(=O)O)CC1)c1ccccc1. The first kappa shape index (κ1) is 17.8. The number of aliphatic carboxylic acids is 1. The highest BCUT2D eigenvalue weighted by molar-refractivity contribution is 5.78. The molecule has 130 valence electrons. The lowest BCUT2D eigenvalue weighted by Gasteiger charge is -2.28. The minimum absolute atomic E-state index is 0.0171. The van der Waals surface area contributed by atoms with Crippen LogP contribution in [0, 0.1) is 5.92 Å². The first-order valence-corrected chi connectivity index (χ1v) is 8.08. The average Bonchev–Trinajstić information content (AvgIpc) is 2.55. The average molecular weight is 333 g/mol. The number of carbonyl (C=O) groups excluding carboxylic acids is 2. The number of benzene rings is 1. The molecule has 1 aliphatic carbocycles. The number of carboxylic acid groups (broad SMARTS) is 1. The third-order valence-electron chi connectivity index (χ3n) is 4.32. The van der Waals surface area contributed by atoms with Crippen molar-refractivity contribution in [3.05, 3.63) is 35.9 Å². The fourth-order valence-electron chi connectivity index (χ4n) is 3.01. The molecule has 1 aliphatic rings. The van der Waals surface area contributed by atoms with Crippen LogP contribution in [-0.4, -0.2) is 29.1 Å². The molecular formula is C17H23N3O4. The summed E-state index contributed by atoms with van der Waals surface area (Å²) < 4.78 is 0. The van der Waals surface area contributed by atoms with Crippen molar-refractivity contribution >= 4 is 17.9 Å². The van der Waals surface area contributed by atoms with E-state index < -0.39 is 17.9 Å². The number of nitrogens with two attached hydrogens (primary N) is 1. The second kappa shape index (κ2) is 8.33.